The summed E-state index contributed by atoms with van der Waals surface area (Å²) in [5, 5.41) is 9.01. The molecule has 5 heteroatoms. The molecule has 0 saturated heterocycles. The number of hydrogen-bond acceptors (Lipinski definition) is 4. The van der Waals surface area contributed by atoms with Crippen molar-refractivity contribution >= 4 is 11.8 Å². The average molecular weight is 407 g/mol. The normalized spacial score (nSPS) is 31.6. The average Bonchev–Trinajstić information content (AvgIpc) is 2.90. The molecular weight excluding hydrogens is 368 g/mol. The summed E-state index contributed by atoms with van der Waals surface area (Å²) in [5.74, 6) is -0.357. The van der Waals surface area contributed by atoms with Crippen LogP contribution in [0.4, 0.5) is 0 Å². The van der Waals surface area contributed by atoms with Gasteiger partial charge < -0.3 is 14.6 Å². The molecule has 29 heavy (non-hydrogen) atoms. The van der Waals surface area contributed by atoms with E-state index in [0.717, 1.165) is 19.3 Å². The minimum absolute atomic E-state index is 0.0638. The van der Waals surface area contributed by atoms with Crippen LogP contribution in [-0.4, -0.2) is 43.3 Å². The Balaban J connectivity index is 2.15. The molecule has 2 aliphatic rings. The summed E-state index contributed by atoms with van der Waals surface area (Å²) in [6.45, 7) is 17.2. The monoisotopic (exact) mass is 406 g/mol. The second-order valence-corrected chi connectivity index (χ2v) is 9.37. The summed E-state index contributed by atoms with van der Waals surface area (Å²) in [6.07, 6.45) is 3.22. The topological polar surface area (TPSA) is 72.8 Å². The highest BCUT2D eigenvalue weighted by atomic mass is 16.5. The lowest BCUT2D eigenvalue weighted by Gasteiger charge is -2.53. The molecule has 0 aromatic carbocycles. The van der Waals surface area contributed by atoms with Gasteiger partial charge in [0.05, 0.1) is 26.2 Å². The Kier molecular flexibility index (Phi) is 7.86. The first-order chi connectivity index (χ1) is 13.6. The van der Waals surface area contributed by atoms with Crippen LogP contribution in [0, 0.1) is 22.7 Å². The van der Waals surface area contributed by atoms with Gasteiger partial charge in [0.25, 0.3) is 0 Å². The number of fused-ring (bicyclic) bond motifs is 1. The molecule has 1 saturated carbocycles. The van der Waals surface area contributed by atoms with Crippen LogP contribution in [0.1, 0.15) is 66.7 Å². The van der Waals surface area contributed by atoms with Gasteiger partial charge in [-0.25, -0.2) is 0 Å². The van der Waals surface area contributed by atoms with E-state index in [1.54, 1.807) is 0 Å². The van der Waals surface area contributed by atoms with Crippen LogP contribution in [-0.2, 0) is 19.1 Å². The van der Waals surface area contributed by atoms with E-state index < -0.39 is 5.97 Å². The lowest BCUT2D eigenvalue weighted by atomic mass is 9.50. The summed E-state index contributed by atoms with van der Waals surface area (Å²) in [5.41, 5.74) is 2.86. The Hall–Kier alpha value is -1.46. The fourth-order valence-corrected chi connectivity index (χ4v) is 5.48. The van der Waals surface area contributed by atoms with E-state index in [-0.39, 0.29) is 28.6 Å². The van der Waals surface area contributed by atoms with E-state index in [0.29, 0.717) is 44.7 Å². The van der Waals surface area contributed by atoms with Crippen molar-refractivity contribution in [3.63, 3.8) is 0 Å². The number of carbonyl (C=O) groups excluding carboxylic acids is 1. The Morgan fingerprint density at radius 3 is 2.52 bits per heavy atom. The van der Waals surface area contributed by atoms with Crippen LogP contribution >= 0.6 is 0 Å². The fraction of sp³-hybridized carbons (Fsp3) is 0.750. The van der Waals surface area contributed by atoms with Gasteiger partial charge >= 0.3 is 5.97 Å². The molecule has 0 spiro atoms. The van der Waals surface area contributed by atoms with E-state index >= 15 is 0 Å². The molecule has 164 valence electrons. The van der Waals surface area contributed by atoms with Crippen molar-refractivity contribution in [3.8, 4) is 0 Å². The molecule has 0 heterocycles. The smallest absolute Gasteiger partial charge is 0.307 e. The van der Waals surface area contributed by atoms with Gasteiger partial charge in [-0.1, -0.05) is 32.9 Å². The first-order valence-corrected chi connectivity index (χ1v) is 10.8. The van der Waals surface area contributed by atoms with E-state index in [2.05, 4.69) is 34.3 Å². The number of carboxylic acids is 1. The van der Waals surface area contributed by atoms with Gasteiger partial charge in [-0.15, -0.1) is 0 Å². The first kappa shape index (κ1) is 23.8. The molecular formula is C24H38O5. The molecule has 0 aromatic heterocycles. The van der Waals surface area contributed by atoms with Gasteiger partial charge in [-0.2, -0.15) is 0 Å². The van der Waals surface area contributed by atoms with E-state index in [9.17, 15) is 9.59 Å². The summed E-state index contributed by atoms with van der Waals surface area (Å²) >= 11 is 0. The molecule has 2 rings (SSSR count). The van der Waals surface area contributed by atoms with E-state index in [1.165, 1.54) is 11.1 Å². The highest BCUT2D eigenvalue weighted by Crippen LogP contribution is 2.64. The molecule has 0 aliphatic heterocycles. The quantitative estimate of drug-likeness (QED) is 0.303. The summed E-state index contributed by atoms with van der Waals surface area (Å²) in [6, 6.07) is 0. The maximum absolute atomic E-state index is 12.8. The molecule has 0 radical (unpaired) electrons. The third kappa shape index (κ3) is 5.00. The maximum atomic E-state index is 12.8. The Morgan fingerprint density at radius 2 is 1.90 bits per heavy atom. The predicted octanol–water partition coefficient (Wildman–Crippen LogP) is 4.81. The molecule has 0 unspecified atom stereocenters. The number of rotatable bonds is 11. The molecule has 2 aliphatic carbocycles. The lowest BCUT2D eigenvalue weighted by molar-refractivity contribution is -0.137. The minimum Gasteiger partial charge on any atom is -0.481 e. The Morgan fingerprint density at radius 1 is 1.24 bits per heavy atom. The predicted molar refractivity (Wildman–Crippen MR) is 114 cm³/mol. The molecule has 5 nitrogen and oxygen atoms in total. The van der Waals surface area contributed by atoms with E-state index in [1.807, 2.05) is 6.92 Å². The summed E-state index contributed by atoms with van der Waals surface area (Å²) in [7, 11) is 0. The zero-order valence-electron chi connectivity index (χ0n) is 18.8. The van der Waals surface area contributed by atoms with Gasteiger partial charge in [-0.05, 0) is 66.9 Å². The Labute approximate surface area is 175 Å². The zero-order chi connectivity index (χ0) is 21.8. The van der Waals surface area contributed by atoms with Crippen LogP contribution in [0.15, 0.2) is 23.3 Å². The molecule has 0 amide bonds. The van der Waals surface area contributed by atoms with Crippen LogP contribution in [0.3, 0.4) is 0 Å². The highest BCUT2D eigenvalue weighted by Gasteiger charge is 2.56. The molecule has 1 N–H and O–H groups in total. The second kappa shape index (κ2) is 9.57. The van der Waals surface area contributed by atoms with Crippen molar-refractivity contribution in [2.45, 2.75) is 66.7 Å². The number of allylic oxidation sites excluding steroid dienone is 1. The maximum Gasteiger partial charge on any atom is 0.307 e. The largest absolute Gasteiger partial charge is 0.481 e. The zero-order valence-corrected chi connectivity index (χ0v) is 18.8. The van der Waals surface area contributed by atoms with Crippen molar-refractivity contribution in [1.82, 2.24) is 0 Å². The number of hydrogen-bond donors (Lipinski definition) is 1. The van der Waals surface area contributed by atoms with Crippen LogP contribution in [0.5, 0.6) is 0 Å². The fourth-order valence-electron chi connectivity index (χ4n) is 5.48. The van der Waals surface area contributed by atoms with Crippen LogP contribution in [0.25, 0.3) is 0 Å². The van der Waals surface area contributed by atoms with Crippen molar-refractivity contribution < 1.29 is 24.2 Å². The van der Waals surface area contributed by atoms with Crippen molar-refractivity contribution in [3.05, 3.63) is 23.3 Å². The van der Waals surface area contributed by atoms with Gasteiger partial charge in [-0.3, -0.25) is 9.59 Å². The highest BCUT2D eigenvalue weighted by molar-refractivity contribution is 5.98. The van der Waals surface area contributed by atoms with Crippen molar-refractivity contribution in [1.29, 1.82) is 0 Å². The number of carboxylic acid groups (broad SMARTS) is 1. The molecule has 1 fully saturated rings. The van der Waals surface area contributed by atoms with Gasteiger partial charge in [0.1, 0.15) is 0 Å². The lowest BCUT2D eigenvalue weighted by Crippen LogP contribution is -2.47. The van der Waals surface area contributed by atoms with Gasteiger partial charge in [0.2, 0.25) is 0 Å². The summed E-state index contributed by atoms with van der Waals surface area (Å²) in [4.78, 5) is 23.8. The van der Waals surface area contributed by atoms with E-state index in [4.69, 9.17) is 14.6 Å². The number of aliphatic carboxylic acids is 1. The molecule has 0 aromatic rings. The third-order valence-electron chi connectivity index (χ3n) is 7.78. The number of carbonyl (C=O) groups is 2. The molecule has 0 bridgehead atoms. The van der Waals surface area contributed by atoms with Crippen LogP contribution < -0.4 is 0 Å². The minimum atomic E-state index is -1.00. The van der Waals surface area contributed by atoms with Crippen molar-refractivity contribution in [2.24, 2.45) is 22.7 Å². The SMILES string of the molecule is C=C(CC(=O)O)C(=O)C[C@@]1(C)[C@H](C)CC[C@@]2(C)C(C)=C(COCCOCC)C[C@H]12. The first-order valence-electron chi connectivity index (χ1n) is 10.8. The van der Waals surface area contributed by atoms with Crippen molar-refractivity contribution in [2.75, 3.05) is 26.4 Å². The van der Waals surface area contributed by atoms with Crippen LogP contribution in [0.2, 0.25) is 0 Å². The number of Topliss-reactive ketones (excluding diaryl/α,β-unsaturated/α-hetero) is 1. The standard InChI is InChI=1S/C24H38O5/c1-7-28-10-11-29-15-19-13-21-23(5,18(19)4)9-8-17(3)24(21,6)14-20(25)16(2)12-22(26)27/h17,21H,2,7-15H2,1,3-6H3,(H,26,27)/t17-,21+,23+,24+/m1/s1. The van der Waals surface area contributed by atoms with Gasteiger partial charge in [0, 0.05) is 13.0 Å². The van der Waals surface area contributed by atoms with Gasteiger partial charge in [0.15, 0.2) is 5.78 Å². The third-order valence-corrected chi connectivity index (χ3v) is 7.78. The summed E-state index contributed by atoms with van der Waals surface area (Å²) < 4.78 is 11.2. The Bertz CT molecular complexity index is 679. The second-order valence-electron chi connectivity index (χ2n) is 9.37. The number of ketones is 1. The number of ether oxygens (including phenoxy) is 2. The molecule has 4 atom stereocenters.